The average Bonchev–Trinajstić information content (AvgIpc) is 2.52. The summed E-state index contributed by atoms with van der Waals surface area (Å²) in [5.41, 5.74) is 1.72. The van der Waals surface area contributed by atoms with Crippen molar-refractivity contribution in [2.75, 3.05) is 5.75 Å². The molecule has 0 saturated heterocycles. The summed E-state index contributed by atoms with van der Waals surface area (Å²) in [7, 11) is 0. The van der Waals surface area contributed by atoms with E-state index in [1.54, 1.807) is 23.9 Å². The van der Waals surface area contributed by atoms with Crippen molar-refractivity contribution >= 4 is 22.4 Å². The molecule has 0 unspecified atom stereocenters. The minimum atomic E-state index is -0.277. The SMILES string of the molecule is CCCS/C(=C(\c1ccccc1)[N+](=O)[O-])c1ccccc1. The highest BCUT2D eigenvalue weighted by molar-refractivity contribution is 8.08. The molecular weight excluding hydrogens is 282 g/mol. The van der Waals surface area contributed by atoms with Gasteiger partial charge in [0.1, 0.15) is 0 Å². The molecular formula is C17H17NO2S. The second kappa shape index (κ2) is 7.64. The molecule has 2 aromatic carbocycles. The van der Waals surface area contributed by atoms with Crippen LogP contribution in [0.5, 0.6) is 0 Å². The first-order valence-corrected chi connectivity index (χ1v) is 7.85. The Bertz CT molecular complexity index is 624. The van der Waals surface area contributed by atoms with Crippen LogP contribution in [0.15, 0.2) is 60.7 Å². The van der Waals surface area contributed by atoms with Gasteiger partial charge in [-0.15, -0.1) is 11.8 Å². The first-order chi connectivity index (χ1) is 10.2. The van der Waals surface area contributed by atoms with Crippen molar-refractivity contribution in [3.05, 3.63) is 81.9 Å². The first-order valence-electron chi connectivity index (χ1n) is 6.86. The number of nitro groups is 1. The lowest BCUT2D eigenvalue weighted by Gasteiger charge is -2.09. The molecule has 2 rings (SSSR count). The van der Waals surface area contributed by atoms with Crippen LogP contribution < -0.4 is 0 Å². The lowest BCUT2D eigenvalue weighted by atomic mass is 10.1. The highest BCUT2D eigenvalue weighted by Crippen LogP contribution is 2.36. The molecule has 0 atom stereocenters. The van der Waals surface area contributed by atoms with Gasteiger partial charge in [0, 0.05) is 0 Å². The van der Waals surface area contributed by atoms with Crippen LogP contribution in [0.25, 0.3) is 10.6 Å². The number of hydrogen-bond donors (Lipinski definition) is 0. The molecule has 4 heteroatoms. The van der Waals surface area contributed by atoms with E-state index >= 15 is 0 Å². The van der Waals surface area contributed by atoms with Gasteiger partial charge in [-0.05, 0) is 29.9 Å². The number of rotatable bonds is 6. The van der Waals surface area contributed by atoms with Crippen molar-refractivity contribution < 1.29 is 4.92 Å². The minimum Gasteiger partial charge on any atom is -0.258 e. The largest absolute Gasteiger partial charge is 0.290 e. The summed E-state index contributed by atoms with van der Waals surface area (Å²) in [6.07, 6.45) is 0.973. The number of nitrogens with zero attached hydrogens (tertiary/aromatic N) is 1. The molecule has 108 valence electrons. The minimum absolute atomic E-state index is 0.181. The van der Waals surface area contributed by atoms with Gasteiger partial charge >= 0.3 is 0 Å². The Kier molecular flexibility index (Phi) is 5.58. The summed E-state index contributed by atoms with van der Waals surface area (Å²) in [4.78, 5) is 12.1. The fourth-order valence-electron chi connectivity index (χ4n) is 2.00. The lowest BCUT2D eigenvalue weighted by Crippen LogP contribution is -2.01. The van der Waals surface area contributed by atoms with Crippen molar-refractivity contribution in [2.45, 2.75) is 13.3 Å². The molecule has 0 saturated carbocycles. The van der Waals surface area contributed by atoms with Gasteiger partial charge in [0.05, 0.1) is 15.4 Å². The Labute approximate surface area is 128 Å². The van der Waals surface area contributed by atoms with Gasteiger partial charge in [-0.25, -0.2) is 0 Å². The second-order valence-electron chi connectivity index (χ2n) is 4.52. The van der Waals surface area contributed by atoms with Gasteiger partial charge in [0.15, 0.2) is 0 Å². The summed E-state index contributed by atoms with van der Waals surface area (Å²) in [5.74, 6) is 0.856. The van der Waals surface area contributed by atoms with Crippen molar-refractivity contribution in [3.8, 4) is 0 Å². The number of hydrogen-bond acceptors (Lipinski definition) is 3. The Balaban J connectivity index is 2.59. The van der Waals surface area contributed by atoms with E-state index in [0.29, 0.717) is 5.56 Å². The molecule has 2 aromatic rings. The van der Waals surface area contributed by atoms with Crippen LogP contribution in [-0.2, 0) is 0 Å². The topological polar surface area (TPSA) is 43.1 Å². The molecule has 0 aliphatic carbocycles. The molecule has 0 aromatic heterocycles. The van der Waals surface area contributed by atoms with E-state index in [-0.39, 0.29) is 10.6 Å². The van der Waals surface area contributed by atoms with Crippen LogP contribution in [0.1, 0.15) is 24.5 Å². The number of thioether (sulfide) groups is 1. The Morgan fingerprint density at radius 2 is 1.52 bits per heavy atom. The van der Waals surface area contributed by atoms with Gasteiger partial charge in [-0.2, -0.15) is 0 Å². The zero-order valence-corrected chi connectivity index (χ0v) is 12.7. The lowest BCUT2D eigenvalue weighted by molar-refractivity contribution is -0.374. The van der Waals surface area contributed by atoms with Crippen molar-refractivity contribution in [3.63, 3.8) is 0 Å². The van der Waals surface area contributed by atoms with Crippen molar-refractivity contribution in [2.24, 2.45) is 0 Å². The molecule has 0 radical (unpaired) electrons. The summed E-state index contributed by atoms with van der Waals surface area (Å²) >= 11 is 1.54. The standard InChI is InChI=1S/C17H17NO2S/c1-2-13-21-17(15-11-7-4-8-12-15)16(18(19)20)14-9-5-3-6-10-14/h3-12H,2,13H2,1H3/b17-16+. The van der Waals surface area contributed by atoms with E-state index in [9.17, 15) is 10.1 Å². The zero-order chi connectivity index (χ0) is 15.1. The van der Waals surface area contributed by atoms with Crippen LogP contribution in [-0.4, -0.2) is 10.7 Å². The molecule has 0 heterocycles. The normalized spacial score (nSPS) is 11.9. The molecule has 0 aliphatic rings. The third kappa shape index (κ3) is 3.95. The summed E-state index contributed by atoms with van der Waals surface area (Å²) in [5, 5.41) is 11.6. The van der Waals surface area contributed by atoms with Crippen molar-refractivity contribution in [1.82, 2.24) is 0 Å². The van der Waals surface area contributed by atoms with Crippen LogP contribution in [0.3, 0.4) is 0 Å². The van der Waals surface area contributed by atoms with E-state index in [4.69, 9.17) is 0 Å². The third-order valence-corrected chi connectivity index (χ3v) is 4.26. The highest BCUT2D eigenvalue weighted by Gasteiger charge is 2.22. The smallest absolute Gasteiger partial charge is 0.258 e. The van der Waals surface area contributed by atoms with E-state index < -0.39 is 0 Å². The summed E-state index contributed by atoms with van der Waals surface area (Å²) < 4.78 is 0. The molecule has 0 aliphatic heterocycles. The molecule has 0 bridgehead atoms. The third-order valence-electron chi connectivity index (χ3n) is 2.93. The fourth-order valence-corrected chi connectivity index (χ4v) is 3.04. The Morgan fingerprint density at radius 3 is 2.00 bits per heavy atom. The van der Waals surface area contributed by atoms with E-state index in [1.807, 2.05) is 48.5 Å². The van der Waals surface area contributed by atoms with Gasteiger partial charge in [0.2, 0.25) is 0 Å². The maximum Gasteiger partial charge on any atom is 0.290 e. The van der Waals surface area contributed by atoms with Gasteiger partial charge in [-0.3, -0.25) is 10.1 Å². The first kappa shape index (κ1) is 15.3. The highest BCUT2D eigenvalue weighted by atomic mass is 32.2. The molecule has 21 heavy (non-hydrogen) atoms. The summed E-state index contributed by atoms with van der Waals surface area (Å²) in [6.45, 7) is 2.07. The quantitative estimate of drug-likeness (QED) is 0.431. The van der Waals surface area contributed by atoms with Gasteiger partial charge in [-0.1, -0.05) is 55.5 Å². The molecule has 0 fully saturated rings. The van der Waals surface area contributed by atoms with Crippen LogP contribution in [0.2, 0.25) is 0 Å². The molecule has 0 spiro atoms. The van der Waals surface area contributed by atoms with Gasteiger partial charge < -0.3 is 0 Å². The van der Waals surface area contributed by atoms with E-state index in [1.165, 1.54) is 0 Å². The maximum absolute atomic E-state index is 11.6. The number of benzene rings is 2. The van der Waals surface area contributed by atoms with E-state index in [0.717, 1.165) is 22.6 Å². The van der Waals surface area contributed by atoms with Crippen LogP contribution in [0.4, 0.5) is 0 Å². The molecule has 0 amide bonds. The Hall–Kier alpha value is -2.07. The van der Waals surface area contributed by atoms with Crippen molar-refractivity contribution in [1.29, 1.82) is 0 Å². The maximum atomic E-state index is 11.6. The zero-order valence-electron chi connectivity index (χ0n) is 11.9. The Morgan fingerprint density at radius 1 is 1.00 bits per heavy atom. The summed E-state index contributed by atoms with van der Waals surface area (Å²) in [6, 6.07) is 18.7. The predicted molar refractivity (Wildman–Crippen MR) is 89.4 cm³/mol. The monoisotopic (exact) mass is 299 g/mol. The second-order valence-corrected chi connectivity index (χ2v) is 5.62. The molecule has 3 nitrogen and oxygen atoms in total. The van der Waals surface area contributed by atoms with Crippen LogP contribution >= 0.6 is 11.8 Å². The fraction of sp³-hybridized carbons (Fsp3) is 0.176. The predicted octanol–water partition coefficient (Wildman–Crippen LogP) is 4.93. The van der Waals surface area contributed by atoms with Crippen LogP contribution in [0, 0.1) is 10.1 Å². The molecule has 0 N–H and O–H groups in total. The van der Waals surface area contributed by atoms with E-state index in [2.05, 4.69) is 6.92 Å². The average molecular weight is 299 g/mol. The van der Waals surface area contributed by atoms with Gasteiger partial charge in [0.25, 0.3) is 5.70 Å².